The SMILES string of the molecule is O=C(c1ccc(Cn2ccnc2)cc1)N1CC(N2C(=O)COC2=O)C1. The Labute approximate surface area is 143 Å². The van der Waals surface area contributed by atoms with Crippen LogP contribution >= 0.6 is 0 Å². The van der Waals surface area contributed by atoms with Gasteiger partial charge in [-0.25, -0.2) is 14.7 Å². The summed E-state index contributed by atoms with van der Waals surface area (Å²) in [5, 5.41) is 0. The van der Waals surface area contributed by atoms with Crippen molar-refractivity contribution in [3.63, 3.8) is 0 Å². The van der Waals surface area contributed by atoms with Crippen molar-refractivity contribution in [2.24, 2.45) is 0 Å². The summed E-state index contributed by atoms with van der Waals surface area (Å²) in [6.45, 7) is 1.17. The number of benzene rings is 1. The van der Waals surface area contributed by atoms with Crippen molar-refractivity contribution >= 4 is 17.9 Å². The van der Waals surface area contributed by atoms with Crippen molar-refractivity contribution in [1.29, 1.82) is 0 Å². The number of likely N-dealkylation sites (tertiary alicyclic amines) is 1. The lowest BCUT2D eigenvalue weighted by atomic mass is 10.0. The predicted octanol–water partition coefficient (Wildman–Crippen LogP) is 0.735. The zero-order valence-corrected chi connectivity index (χ0v) is 13.4. The molecule has 0 aliphatic carbocycles. The molecule has 0 radical (unpaired) electrons. The minimum absolute atomic E-state index is 0.106. The van der Waals surface area contributed by atoms with Crippen LogP contribution in [0.2, 0.25) is 0 Å². The fraction of sp³-hybridized carbons (Fsp3) is 0.294. The maximum absolute atomic E-state index is 12.5. The predicted molar refractivity (Wildman–Crippen MR) is 85.7 cm³/mol. The summed E-state index contributed by atoms with van der Waals surface area (Å²) in [6.07, 6.45) is 4.72. The lowest BCUT2D eigenvalue weighted by molar-refractivity contribution is -0.129. The van der Waals surface area contributed by atoms with Crippen LogP contribution in [0.1, 0.15) is 15.9 Å². The van der Waals surface area contributed by atoms with Gasteiger partial charge in [-0.2, -0.15) is 0 Å². The van der Waals surface area contributed by atoms with Gasteiger partial charge in [0, 0.05) is 37.6 Å². The van der Waals surface area contributed by atoms with E-state index in [-0.39, 0.29) is 24.5 Å². The molecule has 0 bridgehead atoms. The number of rotatable bonds is 4. The highest BCUT2D eigenvalue weighted by atomic mass is 16.6. The van der Waals surface area contributed by atoms with Crippen molar-refractivity contribution < 1.29 is 19.1 Å². The maximum atomic E-state index is 12.5. The van der Waals surface area contributed by atoms with E-state index in [0.29, 0.717) is 25.2 Å². The van der Waals surface area contributed by atoms with E-state index < -0.39 is 6.09 Å². The molecule has 8 heteroatoms. The molecule has 2 aliphatic heterocycles. The van der Waals surface area contributed by atoms with Gasteiger partial charge in [0.2, 0.25) is 0 Å². The van der Waals surface area contributed by atoms with E-state index in [4.69, 9.17) is 4.74 Å². The molecule has 0 saturated carbocycles. The van der Waals surface area contributed by atoms with E-state index in [2.05, 4.69) is 4.98 Å². The van der Waals surface area contributed by atoms with Crippen molar-refractivity contribution in [2.75, 3.05) is 19.7 Å². The van der Waals surface area contributed by atoms with E-state index in [1.807, 2.05) is 22.9 Å². The molecular formula is C17H16N4O4. The molecule has 128 valence electrons. The van der Waals surface area contributed by atoms with Crippen LogP contribution in [0.15, 0.2) is 43.0 Å². The molecule has 2 fully saturated rings. The van der Waals surface area contributed by atoms with Crippen molar-refractivity contribution in [3.05, 3.63) is 54.1 Å². The van der Waals surface area contributed by atoms with Crippen LogP contribution in [-0.2, 0) is 16.1 Å². The lowest BCUT2D eigenvalue weighted by Crippen LogP contribution is -2.62. The zero-order chi connectivity index (χ0) is 17.4. The highest BCUT2D eigenvalue weighted by Gasteiger charge is 2.44. The van der Waals surface area contributed by atoms with Crippen LogP contribution in [0.5, 0.6) is 0 Å². The van der Waals surface area contributed by atoms with Crippen LogP contribution in [0.3, 0.4) is 0 Å². The molecule has 3 heterocycles. The molecule has 25 heavy (non-hydrogen) atoms. The molecule has 1 aromatic heterocycles. The van der Waals surface area contributed by atoms with Crippen LogP contribution in [0.25, 0.3) is 0 Å². The first-order valence-electron chi connectivity index (χ1n) is 7.94. The molecule has 2 aromatic rings. The molecule has 3 amide bonds. The lowest BCUT2D eigenvalue weighted by Gasteiger charge is -2.41. The second-order valence-corrected chi connectivity index (χ2v) is 6.11. The van der Waals surface area contributed by atoms with E-state index >= 15 is 0 Å². The maximum Gasteiger partial charge on any atom is 0.417 e. The molecule has 0 spiro atoms. The number of carbonyl (C=O) groups excluding carboxylic acids is 3. The minimum Gasteiger partial charge on any atom is -0.439 e. The summed E-state index contributed by atoms with van der Waals surface area (Å²) in [5.41, 5.74) is 1.66. The number of cyclic esters (lactones) is 1. The highest BCUT2D eigenvalue weighted by molar-refractivity contribution is 5.99. The number of nitrogens with zero attached hydrogens (tertiary/aromatic N) is 4. The second kappa shape index (κ2) is 6.04. The van der Waals surface area contributed by atoms with E-state index in [1.54, 1.807) is 29.6 Å². The van der Waals surface area contributed by atoms with Crippen molar-refractivity contribution in [3.8, 4) is 0 Å². The first kappa shape index (κ1) is 15.4. The Hall–Kier alpha value is -3.16. The van der Waals surface area contributed by atoms with Crippen molar-refractivity contribution in [1.82, 2.24) is 19.4 Å². The van der Waals surface area contributed by atoms with E-state index in [9.17, 15) is 14.4 Å². The Morgan fingerprint density at radius 1 is 1.20 bits per heavy atom. The topological polar surface area (TPSA) is 84.7 Å². The van der Waals surface area contributed by atoms with Gasteiger partial charge in [-0.15, -0.1) is 0 Å². The fourth-order valence-electron chi connectivity index (χ4n) is 3.03. The normalized spacial score (nSPS) is 17.6. The number of aromatic nitrogens is 2. The van der Waals surface area contributed by atoms with Gasteiger partial charge in [0.25, 0.3) is 11.8 Å². The standard InChI is InChI=1S/C17H16N4O4/c22-15-10-25-17(24)21(15)14-8-20(9-14)16(23)13-3-1-12(2-4-13)7-19-6-5-18-11-19/h1-6,11,14H,7-10H2. The molecule has 0 atom stereocenters. The third-order valence-electron chi connectivity index (χ3n) is 4.42. The van der Waals surface area contributed by atoms with Gasteiger partial charge < -0.3 is 14.2 Å². The Morgan fingerprint density at radius 2 is 1.96 bits per heavy atom. The Balaban J connectivity index is 1.36. The van der Waals surface area contributed by atoms with Crippen LogP contribution in [0.4, 0.5) is 4.79 Å². The summed E-state index contributed by atoms with van der Waals surface area (Å²) in [4.78, 5) is 42.3. The number of hydrogen-bond acceptors (Lipinski definition) is 5. The molecule has 8 nitrogen and oxygen atoms in total. The summed E-state index contributed by atoms with van der Waals surface area (Å²) in [5.74, 6) is -0.448. The van der Waals surface area contributed by atoms with Crippen LogP contribution < -0.4 is 0 Å². The molecule has 4 rings (SSSR count). The third kappa shape index (κ3) is 2.86. The average molecular weight is 340 g/mol. The van der Waals surface area contributed by atoms with Crippen LogP contribution in [-0.4, -0.2) is 63.0 Å². The fourth-order valence-corrected chi connectivity index (χ4v) is 3.03. The first-order valence-corrected chi connectivity index (χ1v) is 7.94. The van der Waals surface area contributed by atoms with Crippen molar-refractivity contribution in [2.45, 2.75) is 12.6 Å². The monoisotopic (exact) mass is 340 g/mol. The molecule has 2 aliphatic rings. The summed E-state index contributed by atoms with van der Waals surface area (Å²) >= 11 is 0. The number of carbonyl (C=O) groups is 3. The summed E-state index contributed by atoms with van der Waals surface area (Å²) in [6, 6.07) is 7.11. The van der Waals surface area contributed by atoms with E-state index in [0.717, 1.165) is 10.5 Å². The summed E-state index contributed by atoms with van der Waals surface area (Å²) < 4.78 is 6.65. The van der Waals surface area contributed by atoms with Gasteiger partial charge in [-0.1, -0.05) is 12.1 Å². The van der Waals surface area contributed by atoms with Gasteiger partial charge in [-0.3, -0.25) is 9.59 Å². The van der Waals surface area contributed by atoms with Gasteiger partial charge in [0.15, 0.2) is 6.61 Å². The van der Waals surface area contributed by atoms with Gasteiger partial charge in [0.1, 0.15) is 0 Å². The number of hydrogen-bond donors (Lipinski definition) is 0. The molecular weight excluding hydrogens is 324 g/mol. The average Bonchev–Trinajstić information content (AvgIpc) is 3.19. The Kier molecular flexibility index (Phi) is 3.72. The zero-order valence-electron chi connectivity index (χ0n) is 13.4. The molecule has 1 aromatic carbocycles. The van der Waals surface area contributed by atoms with E-state index in [1.165, 1.54) is 0 Å². The van der Waals surface area contributed by atoms with Crippen LogP contribution in [0, 0.1) is 0 Å². The van der Waals surface area contributed by atoms with Gasteiger partial charge >= 0.3 is 6.09 Å². The number of ether oxygens (including phenoxy) is 1. The third-order valence-corrected chi connectivity index (χ3v) is 4.42. The number of amides is 3. The number of imide groups is 1. The molecule has 2 saturated heterocycles. The first-order chi connectivity index (χ1) is 12.1. The second-order valence-electron chi connectivity index (χ2n) is 6.11. The smallest absolute Gasteiger partial charge is 0.417 e. The van der Waals surface area contributed by atoms with Gasteiger partial charge in [0.05, 0.1) is 12.4 Å². The number of imidazole rings is 1. The molecule has 0 unspecified atom stereocenters. The Bertz CT molecular complexity index is 794. The highest BCUT2D eigenvalue weighted by Crippen LogP contribution is 2.22. The largest absolute Gasteiger partial charge is 0.439 e. The minimum atomic E-state index is -0.619. The Morgan fingerprint density at radius 3 is 2.56 bits per heavy atom. The summed E-state index contributed by atoms with van der Waals surface area (Å²) in [7, 11) is 0. The van der Waals surface area contributed by atoms with Gasteiger partial charge in [-0.05, 0) is 17.7 Å². The quantitative estimate of drug-likeness (QED) is 0.819. The molecule has 0 N–H and O–H groups in total.